The van der Waals surface area contributed by atoms with E-state index in [1.807, 2.05) is 18.7 Å². The van der Waals surface area contributed by atoms with Crippen molar-refractivity contribution in [3.8, 4) is 0 Å². The first-order valence-electron chi connectivity index (χ1n) is 7.95. The summed E-state index contributed by atoms with van der Waals surface area (Å²) >= 11 is 3.56. The van der Waals surface area contributed by atoms with Crippen molar-refractivity contribution >= 4 is 35.1 Å². The highest BCUT2D eigenvalue weighted by molar-refractivity contribution is 7.99. The fraction of sp³-hybridized carbons (Fsp3) is 0.765. The lowest BCUT2D eigenvalue weighted by atomic mass is 9.77. The van der Waals surface area contributed by atoms with Crippen LogP contribution in [0.25, 0.3) is 0 Å². The summed E-state index contributed by atoms with van der Waals surface area (Å²) in [4.78, 5) is 24.9. The summed E-state index contributed by atoms with van der Waals surface area (Å²) in [5.74, 6) is 3.79. The second-order valence-corrected chi connectivity index (χ2v) is 8.59. The molecule has 0 aromatic heterocycles. The molecule has 5 heteroatoms. The number of thioether (sulfide) groups is 2. The van der Waals surface area contributed by atoms with Crippen LogP contribution in [0.5, 0.6) is 0 Å². The van der Waals surface area contributed by atoms with E-state index in [1.165, 1.54) is 0 Å². The monoisotopic (exact) mass is 343 g/mol. The summed E-state index contributed by atoms with van der Waals surface area (Å²) in [6.07, 6.45) is 6.25. The van der Waals surface area contributed by atoms with Crippen LogP contribution in [0.3, 0.4) is 0 Å². The Labute approximate surface area is 143 Å². The van der Waals surface area contributed by atoms with Gasteiger partial charge in [0.25, 0.3) is 0 Å². The molecule has 0 radical (unpaired) electrons. The van der Waals surface area contributed by atoms with Crippen LogP contribution in [-0.2, 0) is 9.59 Å². The number of hydrogen-bond donors (Lipinski definition) is 1. The van der Waals surface area contributed by atoms with E-state index >= 15 is 0 Å². The molecule has 0 amide bonds. The standard InChI is InChI=1S/C17H29NO2S2/c1-4-16(2)12-21-9-5-6-10-22-13-17(3,15(20)11-18)8-7-14(16)19/h5-6H,4,7-13,18H2,1-3H3/b6-5-/t16-,17-/m0/s1. The maximum absolute atomic E-state index is 12.7. The molecule has 0 unspecified atom stereocenters. The fourth-order valence-electron chi connectivity index (χ4n) is 2.45. The predicted molar refractivity (Wildman–Crippen MR) is 98.6 cm³/mol. The number of Topliss-reactive ketones (excluding diaryl/α,β-unsaturated/α-hetero) is 2. The molecule has 0 spiro atoms. The van der Waals surface area contributed by atoms with Crippen LogP contribution in [0.2, 0.25) is 0 Å². The Morgan fingerprint density at radius 2 is 1.82 bits per heavy atom. The second-order valence-electron chi connectivity index (χ2n) is 6.53. The Balaban J connectivity index is 2.91. The molecular formula is C17H29NO2S2. The van der Waals surface area contributed by atoms with E-state index < -0.39 is 5.41 Å². The molecule has 1 heterocycles. The Morgan fingerprint density at radius 3 is 2.36 bits per heavy atom. The highest BCUT2D eigenvalue weighted by Crippen LogP contribution is 2.34. The van der Waals surface area contributed by atoms with Crippen molar-refractivity contribution < 1.29 is 9.59 Å². The van der Waals surface area contributed by atoms with Gasteiger partial charge in [-0.3, -0.25) is 9.59 Å². The average Bonchev–Trinajstić information content (AvgIpc) is 2.54. The van der Waals surface area contributed by atoms with E-state index in [-0.39, 0.29) is 23.5 Å². The van der Waals surface area contributed by atoms with Gasteiger partial charge < -0.3 is 5.73 Å². The van der Waals surface area contributed by atoms with Crippen LogP contribution >= 0.6 is 23.5 Å². The molecule has 0 aromatic rings. The highest BCUT2D eigenvalue weighted by Gasteiger charge is 2.36. The number of rotatable bonds is 3. The minimum Gasteiger partial charge on any atom is -0.324 e. The molecule has 0 saturated heterocycles. The number of nitrogens with two attached hydrogens (primary N) is 1. The van der Waals surface area contributed by atoms with Gasteiger partial charge in [-0.1, -0.05) is 32.9 Å². The quantitative estimate of drug-likeness (QED) is 0.797. The molecule has 0 aliphatic carbocycles. The van der Waals surface area contributed by atoms with E-state index in [0.29, 0.717) is 12.8 Å². The molecule has 126 valence electrons. The zero-order valence-electron chi connectivity index (χ0n) is 14.0. The minimum atomic E-state index is -0.487. The van der Waals surface area contributed by atoms with E-state index in [0.717, 1.165) is 29.4 Å². The number of carbonyl (C=O) groups is 2. The molecule has 0 bridgehead atoms. The summed E-state index contributed by atoms with van der Waals surface area (Å²) in [5, 5.41) is 0. The van der Waals surface area contributed by atoms with E-state index in [1.54, 1.807) is 11.8 Å². The number of carbonyl (C=O) groups excluding carboxylic acids is 2. The smallest absolute Gasteiger partial charge is 0.153 e. The summed E-state index contributed by atoms with van der Waals surface area (Å²) in [6, 6.07) is 0. The molecule has 1 rings (SSSR count). The largest absolute Gasteiger partial charge is 0.324 e. The van der Waals surface area contributed by atoms with Crippen LogP contribution in [-0.4, -0.2) is 41.1 Å². The Kier molecular flexibility index (Phi) is 8.22. The molecule has 3 nitrogen and oxygen atoms in total. The van der Waals surface area contributed by atoms with Gasteiger partial charge >= 0.3 is 0 Å². The lowest BCUT2D eigenvalue weighted by Crippen LogP contribution is -2.38. The summed E-state index contributed by atoms with van der Waals surface area (Å²) in [7, 11) is 0. The van der Waals surface area contributed by atoms with Gasteiger partial charge in [0.1, 0.15) is 5.78 Å². The van der Waals surface area contributed by atoms with Crippen LogP contribution < -0.4 is 5.73 Å². The van der Waals surface area contributed by atoms with Gasteiger partial charge in [0, 0.05) is 40.3 Å². The molecule has 0 aromatic carbocycles. The maximum atomic E-state index is 12.7. The van der Waals surface area contributed by atoms with Gasteiger partial charge in [0.15, 0.2) is 5.78 Å². The zero-order valence-corrected chi connectivity index (χ0v) is 15.7. The topological polar surface area (TPSA) is 60.2 Å². The minimum absolute atomic E-state index is 0.0575. The lowest BCUT2D eigenvalue weighted by molar-refractivity contribution is -0.129. The van der Waals surface area contributed by atoms with Gasteiger partial charge in [-0.05, 0) is 12.8 Å². The second kappa shape index (κ2) is 9.14. The molecule has 0 saturated carbocycles. The van der Waals surface area contributed by atoms with Gasteiger partial charge in [-0.15, -0.1) is 0 Å². The lowest BCUT2D eigenvalue weighted by Gasteiger charge is -2.30. The van der Waals surface area contributed by atoms with Gasteiger partial charge in [-0.25, -0.2) is 0 Å². The molecule has 1 aliphatic heterocycles. The van der Waals surface area contributed by atoms with Crippen molar-refractivity contribution in [1.29, 1.82) is 0 Å². The summed E-state index contributed by atoms with van der Waals surface area (Å²) in [6.45, 7) is 6.15. The molecule has 2 N–H and O–H groups in total. The van der Waals surface area contributed by atoms with Crippen LogP contribution in [0.1, 0.15) is 40.0 Å². The predicted octanol–water partition coefficient (Wildman–Crippen LogP) is 3.32. The van der Waals surface area contributed by atoms with Crippen molar-refractivity contribution in [2.24, 2.45) is 16.6 Å². The first-order valence-corrected chi connectivity index (χ1v) is 10.3. The Morgan fingerprint density at radius 1 is 1.23 bits per heavy atom. The van der Waals surface area contributed by atoms with Crippen LogP contribution in [0.15, 0.2) is 12.2 Å². The van der Waals surface area contributed by atoms with Crippen molar-refractivity contribution in [1.82, 2.24) is 0 Å². The van der Waals surface area contributed by atoms with Crippen LogP contribution in [0.4, 0.5) is 0 Å². The fourth-order valence-corrected chi connectivity index (χ4v) is 4.80. The van der Waals surface area contributed by atoms with Crippen molar-refractivity contribution in [3.05, 3.63) is 12.2 Å². The molecule has 2 atom stereocenters. The van der Waals surface area contributed by atoms with Crippen molar-refractivity contribution in [2.75, 3.05) is 29.6 Å². The van der Waals surface area contributed by atoms with Gasteiger partial charge in [0.05, 0.1) is 6.54 Å². The number of ketones is 2. The van der Waals surface area contributed by atoms with Crippen molar-refractivity contribution in [3.63, 3.8) is 0 Å². The normalized spacial score (nSPS) is 33.4. The summed E-state index contributed by atoms with van der Waals surface area (Å²) < 4.78 is 0. The third-order valence-corrected chi connectivity index (χ3v) is 7.19. The van der Waals surface area contributed by atoms with E-state index in [9.17, 15) is 9.59 Å². The summed E-state index contributed by atoms with van der Waals surface area (Å²) in [5.41, 5.74) is 4.81. The zero-order chi connectivity index (χ0) is 16.6. The van der Waals surface area contributed by atoms with E-state index in [2.05, 4.69) is 26.0 Å². The SMILES string of the molecule is CC[C@@]1(C)CSC/C=C\CSC[C@@](C)(C(=O)CN)CCC1=O. The third kappa shape index (κ3) is 5.43. The maximum Gasteiger partial charge on any atom is 0.153 e. The van der Waals surface area contributed by atoms with Gasteiger partial charge in [0.2, 0.25) is 0 Å². The van der Waals surface area contributed by atoms with Gasteiger partial charge in [-0.2, -0.15) is 23.5 Å². The number of hydrogen-bond acceptors (Lipinski definition) is 5. The Bertz CT molecular complexity index is 425. The molecule has 1 aliphatic rings. The van der Waals surface area contributed by atoms with Crippen LogP contribution in [0, 0.1) is 10.8 Å². The third-order valence-electron chi connectivity index (χ3n) is 4.65. The molecular weight excluding hydrogens is 314 g/mol. The first-order chi connectivity index (χ1) is 10.4. The average molecular weight is 344 g/mol. The first kappa shape index (κ1) is 19.8. The highest BCUT2D eigenvalue weighted by atomic mass is 32.2. The van der Waals surface area contributed by atoms with E-state index in [4.69, 9.17) is 5.73 Å². The molecule has 0 fully saturated rings. The Hall–Kier alpha value is -0.260. The molecule has 22 heavy (non-hydrogen) atoms. The van der Waals surface area contributed by atoms with Crippen molar-refractivity contribution in [2.45, 2.75) is 40.0 Å².